The van der Waals surface area contributed by atoms with Gasteiger partial charge in [-0.3, -0.25) is 4.79 Å². The zero-order chi connectivity index (χ0) is 22.6. The van der Waals surface area contributed by atoms with Gasteiger partial charge in [-0.15, -0.1) is 0 Å². The van der Waals surface area contributed by atoms with Crippen LogP contribution in [0.25, 0.3) is 0 Å². The molecule has 0 heterocycles. The van der Waals surface area contributed by atoms with Crippen LogP contribution in [-0.2, 0) is 23.8 Å². The molecule has 1 aliphatic carbocycles. The molecule has 0 bridgehead atoms. The Morgan fingerprint density at radius 1 is 0.900 bits per heavy atom. The lowest BCUT2D eigenvalue weighted by Crippen LogP contribution is -2.38. The molecule has 2 N–H and O–H groups in total. The molecule has 1 rings (SSSR count). The lowest BCUT2D eigenvalue weighted by molar-refractivity contribution is -0.124. The van der Waals surface area contributed by atoms with E-state index in [1.165, 1.54) is 6.92 Å². The zero-order valence-corrected chi connectivity index (χ0v) is 19.8. The van der Waals surface area contributed by atoms with Crippen LogP contribution in [0.2, 0.25) is 0 Å². The number of rotatable bonds is 14. The van der Waals surface area contributed by atoms with E-state index >= 15 is 0 Å². The third-order valence-corrected chi connectivity index (χ3v) is 5.57. The van der Waals surface area contributed by atoms with E-state index in [0.717, 1.165) is 25.7 Å². The predicted molar refractivity (Wildman–Crippen MR) is 120 cm³/mol. The van der Waals surface area contributed by atoms with E-state index in [2.05, 4.69) is 16.9 Å². The van der Waals surface area contributed by atoms with Gasteiger partial charge in [0.1, 0.15) is 12.4 Å². The standard InChI is InChI=1S/C19H34N2O6S.C2H6/c1-15(22)3-8-18(23)20-9-10-25-11-12-26-13-14-27-19(24)21-16-4-6-17(28-2)7-5-16;1-2/h16-17H,3-14H2,1-2H3,(H,20,23)(H,21,24);1-2H3. The molecule has 8 nitrogen and oxygen atoms in total. The van der Waals surface area contributed by atoms with E-state index < -0.39 is 0 Å². The number of nitrogens with one attached hydrogen (secondary N) is 2. The quantitative estimate of drug-likeness (QED) is 0.394. The molecule has 0 atom stereocenters. The molecule has 1 aliphatic rings. The molecule has 1 saturated carbocycles. The number of ketones is 1. The van der Waals surface area contributed by atoms with Crippen LogP contribution in [0.1, 0.15) is 59.3 Å². The van der Waals surface area contributed by atoms with Crippen molar-refractivity contribution >= 4 is 29.5 Å². The first-order valence-electron chi connectivity index (χ1n) is 10.9. The number of Topliss-reactive ketones (excluding diaryl/α,β-unsaturated/α-hetero) is 1. The molecular weight excluding hydrogens is 408 g/mol. The highest BCUT2D eigenvalue weighted by Gasteiger charge is 2.22. The Morgan fingerprint density at radius 2 is 1.50 bits per heavy atom. The monoisotopic (exact) mass is 448 g/mol. The van der Waals surface area contributed by atoms with Crippen LogP contribution in [0.3, 0.4) is 0 Å². The molecule has 0 spiro atoms. The van der Waals surface area contributed by atoms with E-state index in [-0.39, 0.29) is 43.3 Å². The van der Waals surface area contributed by atoms with Crippen molar-refractivity contribution in [3.63, 3.8) is 0 Å². The number of carbonyl (C=O) groups excluding carboxylic acids is 3. The van der Waals surface area contributed by atoms with E-state index in [1.807, 2.05) is 25.6 Å². The molecule has 176 valence electrons. The first-order valence-corrected chi connectivity index (χ1v) is 12.2. The maximum absolute atomic E-state index is 11.7. The summed E-state index contributed by atoms with van der Waals surface area (Å²) >= 11 is 1.90. The molecule has 0 aromatic rings. The van der Waals surface area contributed by atoms with Gasteiger partial charge >= 0.3 is 6.09 Å². The fraction of sp³-hybridized carbons (Fsp3) is 0.857. The van der Waals surface area contributed by atoms with Crippen LogP contribution >= 0.6 is 11.8 Å². The average Bonchev–Trinajstić information content (AvgIpc) is 2.75. The number of hydrogen-bond acceptors (Lipinski definition) is 7. The predicted octanol–water partition coefficient (Wildman–Crippen LogP) is 2.93. The van der Waals surface area contributed by atoms with Crippen molar-refractivity contribution in [2.45, 2.75) is 70.6 Å². The van der Waals surface area contributed by atoms with E-state index in [0.29, 0.717) is 38.2 Å². The summed E-state index contributed by atoms with van der Waals surface area (Å²) in [5, 5.41) is 6.30. The Labute approximate surface area is 185 Å². The fourth-order valence-electron chi connectivity index (χ4n) is 2.81. The molecule has 2 amide bonds. The van der Waals surface area contributed by atoms with Gasteiger partial charge in [0.05, 0.1) is 26.4 Å². The summed E-state index contributed by atoms with van der Waals surface area (Å²) < 4.78 is 15.8. The normalized spacial score (nSPS) is 18.0. The van der Waals surface area contributed by atoms with Gasteiger partial charge in [0.15, 0.2) is 0 Å². The fourth-order valence-corrected chi connectivity index (χ4v) is 3.55. The Hall–Kier alpha value is -1.32. The highest BCUT2D eigenvalue weighted by Crippen LogP contribution is 2.26. The highest BCUT2D eigenvalue weighted by atomic mass is 32.2. The van der Waals surface area contributed by atoms with Crippen molar-refractivity contribution < 1.29 is 28.6 Å². The summed E-state index contributed by atoms with van der Waals surface area (Å²) in [6, 6.07) is 0.216. The molecule has 0 aromatic heterocycles. The number of thioether (sulfide) groups is 1. The van der Waals surface area contributed by atoms with E-state index in [1.54, 1.807) is 0 Å². The van der Waals surface area contributed by atoms with Crippen molar-refractivity contribution in [2.75, 3.05) is 45.8 Å². The summed E-state index contributed by atoms with van der Waals surface area (Å²) in [5.74, 6) is -0.147. The molecule has 0 aliphatic heterocycles. The molecule has 9 heteroatoms. The second kappa shape index (κ2) is 19.6. The maximum atomic E-state index is 11.7. The van der Waals surface area contributed by atoms with Crippen LogP contribution in [0, 0.1) is 0 Å². The van der Waals surface area contributed by atoms with Gasteiger partial charge in [0, 0.05) is 30.7 Å². The summed E-state index contributed by atoms with van der Waals surface area (Å²) in [6.45, 7) is 7.56. The first-order chi connectivity index (χ1) is 14.5. The zero-order valence-electron chi connectivity index (χ0n) is 19.0. The molecule has 0 unspecified atom stereocenters. The van der Waals surface area contributed by atoms with Crippen molar-refractivity contribution in [3.8, 4) is 0 Å². The Bertz CT molecular complexity index is 470. The third-order valence-electron chi connectivity index (χ3n) is 4.44. The SMILES string of the molecule is CC.CSC1CCC(NC(=O)OCCOCCOCCNC(=O)CCC(C)=O)CC1. The van der Waals surface area contributed by atoms with Gasteiger partial charge in [-0.1, -0.05) is 13.8 Å². The van der Waals surface area contributed by atoms with Gasteiger partial charge < -0.3 is 29.6 Å². The van der Waals surface area contributed by atoms with Crippen LogP contribution in [-0.4, -0.2) is 74.9 Å². The van der Waals surface area contributed by atoms with Gasteiger partial charge in [0.25, 0.3) is 0 Å². The van der Waals surface area contributed by atoms with E-state index in [4.69, 9.17) is 14.2 Å². The first kappa shape index (κ1) is 28.7. The van der Waals surface area contributed by atoms with Crippen LogP contribution in [0.5, 0.6) is 0 Å². The molecule has 0 aromatic carbocycles. The van der Waals surface area contributed by atoms with E-state index in [9.17, 15) is 14.4 Å². The average molecular weight is 449 g/mol. The topological polar surface area (TPSA) is 103 Å². The number of amides is 2. The molecule has 30 heavy (non-hydrogen) atoms. The summed E-state index contributed by atoms with van der Waals surface area (Å²) in [6.07, 6.45) is 6.51. The lowest BCUT2D eigenvalue weighted by atomic mass is 9.95. The number of hydrogen-bond donors (Lipinski definition) is 2. The Kier molecular flexibility index (Phi) is 18.8. The van der Waals surface area contributed by atoms with Gasteiger partial charge in [0.2, 0.25) is 5.91 Å². The second-order valence-electron chi connectivity index (χ2n) is 6.77. The van der Waals surface area contributed by atoms with Gasteiger partial charge in [-0.05, 0) is 38.9 Å². The minimum absolute atomic E-state index is 0.00305. The molecular formula is C21H40N2O6S. The Balaban J connectivity index is 0.00000407. The number of carbonyl (C=O) groups is 3. The van der Waals surface area contributed by atoms with Crippen LogP contribution < -0.4 is 10.6 Å². The summed E-state index contributed by atoms with van der Waals surface area (Å²) in [7, 11) is 0. The van der Waals surface area contributed by atoms with Crippen molar-refractivity contribution in [3.05, 3.63) is 0 Å². The van der Waals surface area contributed by atoms with Crippen molar-refractivity contribution in [1.29, 1.82) is 0 Å². The van der Waals surface area contributed by atoms with Crippen LogP contribution in [0.15, 0.2) is 0 Å². The third kappa shape index (κ3) is 16.5. The molecule has 1 fully saturated rings. The van der Waals surface area contributed by atoms with Crippen LogP contribution in [0.4, 0.5) is 4.79 Å². The lowest BCUT2D eigenvalue weighted by Gasteiger charge is -2.27. The van der Waals surface area contributed by atoms with Crippen molar-refractivity contribution in [1.82, 2.24) is 10.6 Å². The highest BCUT2D eigenvalue weighted by molar-refractivity contribution is 7.99. The minimum atomic E-state index is -0.382. The number of alkyl carbamates (subject to hydrolysis) is 1. The maximum Gasteiger partial charge on any atom is 0.407 e. The minimum Gasteiger partial charge on any atom is -0.447 e. The van der Waals surface area contributed by atoms with Gasteiger partial charge in [-0.2, -0.15) is 11.8 Å². The van der Waals surface area contributed by atoms with Crippen molar-refractivity contribution in [2.24, 2.45) is 0 Å². The Morgan fingerprint density at radius 3 is 2.10 bits per heavy atom. The smallest absolute Gasteiger partial charge is 0.407 e. The number of ether oxygens (including phenoxy) is 3. The molecule has 0 saturated heterocycles. The largest absolute Gasteiger partial charge is 0.447 e. The molecule has 0 radical (unpaired) electrons. The summed E-state index contributed by atoms with van der Waals surface area (Å²) in [5.41, 5.74) is 0. The van der Waals surface area contributed by atoms with Gasteiger partial charge in [-0.25, -0.2) is 4.79 Å². The second-order valence-corrected chi connectivity index (χ2v) is 7.90. The summed E-state index contributed by atoms with van der Waals surface area (Å²) in [4.78, 5) is 33.9.